The number of thiophene rings is 1. The summed E-state index contributed by atoms with van der Waals surface area (Å²) in [5.74, 6) is 2.15. The van der Waals surface area contributed by atoms with E-state index in [9.17, 15) is 0 Å². The number of fused-ring (bicyclic) bond motifs is 1. The van der Waals surface area contributed by atoms with Gasteiger partial charge in [-0.25, -0.2) is 4.98 Å². The molecule has 5 heteroatoms. The predicted molar refractivity (Wildman–Crippen MR) is 93.8 cm³/mol. The molecule has 2 aromatic rings. The zero-order chi connectivity index (χ0) is 15.7. The fourth-order valence-electron chi connectivity index (χ4n) is 2.56. The molecule has 0 unspecified atom stereocenters. The van der Waals surface area contributed by atoms with Crippen LogP contribution in [0.1, 0.15) is 38.1 Å². The van der Waals surface area contributed by atoms with Crippen LogP contribution < -0.4 is 4.90 Å². The molecule has 0 spiro atoms. The van der Waals surface area contributed by atoms with Crippen molar-refractivity contribution in [3.8, 4) is 0 Å². The van der Waals surface area contributed by atoms with Gasteiger partial charge in [0.2, 0.25) is 5.28 Å². The van der Waals surface area contributed by atoms with E-state index < -0.39 is 0 Å². The zero-order valence-electron chi connectivity index (χ0n) is 13.7. The van der Waals surface area contributed by atoms with Gasteiger partial charge in [-0.2, -0.15) is 4.98 Å². The van der Waals surface area contributed by atoms with Crippen LogP contribution in [0.3, 0.4) is 0 Å². The topological polar surface area (TPSA) is 29.0 Å². The average molecular weight is 326 g/mol. The summed E-state index contributed by atoms with van der Waals surface area (Å²) in [6.07, 6.45) is 0. The van der Waals surface area contributed by atoms with E-state index in [2.05, 4.69) is 56.4 Å². The first-order chi connectivity index (χ1) is 9.79. The van der Waals surface area contributed by atoms with E-state index in [1.54, 1.807) is 11.3 Å². The zero-order valence-corrected chi connectivity index (χ0v) is 15.3. The molecule has 3 nitrogen and oxygen atoms in total. The lowest BCUT2D eigenvalue weighted by Crippen LogP contribution is -2.32. The third-order valence-electron chi connectivity index (χ3n) is 3.45. The first-order valence-electron chi connectivity index (χ1n) is 7.47. The SMILES string of the molecule is Cc1sc2nc(Cl)nc(N(CC(C)C)CC(C)C)c2c1C. The van der Waals surface area contributed by atoms with Crippen molar-refractivity contribution in [1.82, 2.24) is 9.97 Å². The van der Waals surface area contributed by atoms with Crippen LogP contribution in [0.25, 0.3) is 10.2 Å². The highest BCUT2D eigenvalue weighted by Gasteiger charge is 2.20. The number of rotatable bonds is 5. The second kappa shape index (κ2) is 6.49. The van der Waals surface area contributed by atoms with E-state index in [-0.39, 0.29) is 0 Å². The van der Waals surface area contributed by atoms with Gasteiger partial charge in [0.15, 0.2) is 0 Å². The third kappa shape index (κ3) is 3.67. The fourth-order valence-corrected chi connectivity index (χ4v) is 3.80. The lowest BCUT2D eigenvalue weighted by Gasteiger charge is -2.28. The van der Waals surface area contributed by atoms with Crippen molar-refractivity contribution in [1.29, 1.82) is 0 Å². The summed E-state index contributed by atoms with van der Waals surface area (Å²) < 4.78 is 0. The highest BCUT2D eigenvalue weighted by molar-refractivity contribution is 7.18. The number of anilines is 1. The van der Waals surface area contributed by atoms with Crippen molar-refractivity contribution >= 4 is 39.0 Å². The molecule has 0 atom stereocenters. The van der Waals surface area contributed by atoms with Gasteiger partial charge >= 0.3 is 0 Å². The van der Waals surface area contributed by atoms with E-state index >= 15 is 0 Å². The predicted octanol–water partition coefficient (Wildman–Crippen LogP) is 5.08. The molecule has 0 N–H and O–H groups in total. The minimum atomic E-state index is 0.344. The van der Waals surface area contributed by atoms with Crippen molar-refractivity contribution in [3.05, 3.63) is 15.7 Å². The largest absolute Gasteiger partial charge is 0.355 e. The van der Waals surface area contributed by atoms with Crippen LogP contribution in [0.4, 0.5) is 5.82 Å². The molecule has 2 heterocycles. The minimum absolute atomic E-state index is 0.344. The summed E-state index contributed by atoms with van der Waals surface area (Å²) in [6.45, 7) is 15.2. The standard InChI is InChI=1S/C16H24ClN3S/c1-9(2)7-20(8-10(3)4)14-13-11(5)12(6)21-15(13)19-16(17)18-14/h9-10H,7-8H2,1-6H3. The number of aryl methyl sites for hydroxylation is 2. The molecular weight excluding hydrogens is 302 g/mol. The van der Waals surface area contributed by atoms with Crippen molar-refractivity contribution in [2.24, 2.45) is 11.8 Å². The molecule has 0 saturated carbocycles. The van der Waals surface area contributed by atoms with Crippen LogP contribution in [-0.4, -0.2) is 23.1 Å². The Bertz CT molecular complexity index is 624. The Hall–Kier alpha value is -0.870. The number of aromatic nitrogens is 2. The highest BCUT2D eigenvalue weighted by Crippen LogP contribution is 2.36. The Morgan fingerprint density at radius 2 is 1.62 bits per heavy atom. The Morgan fingerprint density at radius 1 is 1.05 bits per heavy atom. The van der Waals surface area contributed by atoms with Gasteiger partial charge in [0.05, 0.1) is 5.39 Å². The van der Waals surface area contributed by atoms with E-state index in [1.165, 1.54) is 15.8 Å². The maximum absolute atomic E-state index is 6.16. The molecule has 2 aromatic heterocycles. The van der Waals surface area contributed by atoms with Crippen molar-refractivity contribution < 1.29 is 0 Å². The average Bonchev–Trinajstić information content (AvgIpc) is 2.62. The van der Waals surface area contributed by atoms with Crippen LogP contribution >= 0.6 is 22.9 Å². The van der Waals surface area contributed by atoms with Crippen LogP contribution in [0.15, 0.2) is 0 Å². The summed E-state index contributed by atoms with van der Waals surface area (Å²) in [7, 11) is 0. The molecule has 21 heavy (non-hydrogen) atoms. The van der Waals surface area contributed by atoms with E-state index in [0.717, 1.165) is 23.7 Å². The van der Waals surface area contributed by atoms with Gasteiger partial charge in [0.25, 0.3) is 0 Å². The summed E-state index contributed by atoms with van der Waals surface area (Å²) in [4.78, 5) is 13.6. The van der Waals surface area contributed by atoms with E-state index in [1.807, 2.05) is 0 Å². The van der Waals surface area contributed by atoms with Crippen LogP contribution in [0.5, 0.6) is 0 Å². The van der Waals surface area contributed by atoms with Gasteiger partial charge in [-0.3, -0.25) is 0 Å². The summed E-state index contributed by atoms with van der Waals surface area (Å²) in [5.41, 5.74) is 1.28. The van der Waals surface area contributed by atoms with Gasteiger partial charge in [-0.15, -0.1) is 11.3 Å². The second-order valence-electron chi connectivity index (χ2n) is 6.47. The lowest BCUT2D eigenvalue weighted by atomic mass is 10.1. The molecule has 0 aliphatic rings. The molecule has 0 bridgehead atoms. The van der Waals surface area contributed by atoms with Crippen molar-refractivity contribution in [3.63, 3.8) is 0 Å². The summed E-state index contributed by atoms with van der Waals surface area (Å²) in [6, 6.07) is 0. The Kier molecular flexibility index (Phi) is 5.10. The van der Waals surface area contributed by atoms with E-state index in [0.29, 0.717) is 17.1 Å². The van der Waals surface area contributed by atoms with Gasteiger partial charge in [0.1, 0.15) is 10.6 Å². The Labute approximate surface area is 136 Å². The number of halogens is 1. The normalized spacial score (nSPS) is 11.9. The Balaban J connectivity index is 2.59. The second-order valence-corrected chi connectivity index (χ2v) is 8.01. The molecule has 0 saturated heterocycles. The van der Waals surface area contributed by atoms with E-state index in [4.69, 9.17) is 11.6 Å². The first-order valence-corrected chi connectivity index (χ1v) is 8.67. The summed E-state index contributed by atoms with van der Waals surface area (Å²) in [5, 5.41) is 1.51. The smallest absolute Gasteiger partial charge is 0.225 e. The highest BCUT2D eigenvalue weighted by atomic mass is 35.5. The van der Waals surface area contributed by atoms with Gasteiger partial charge < -0.3 is 4.90 Å². The first kappa shape index (κ1) is 16.5. The maximum atomic E-state index is 6.16. The lowest BCUT2D eigenvalue weighted by molar-refractivity contribution is 0.550. The van der Waals surface area contributed by atoms with Gasteiger partial charge in [-0.1, -0.05) is 27.7 Å². The molecule has 0 radical (unpaired) electrons. The Morgan fingerprint density at radius 3 is 2.14 bits per heavy atom. The molecule has 0 aromatic carbocycles. The number of nitrogens with zero attached hydrogens (tertiary/aromatic N) is 3. The van der Waals surface area contributed by atoms with Crippen LogP contribution in [0, 0.1) is 25.7 Å². The monoisotopic (exact) mass is 325 g/mol. The molecule has 0 fully saturated rings. The molecular formula is C16H24ClN3S. The van der Waals surface area contributed by atoms with Crippen LogP contribution in [0.2, 0.25) is 5.28 Å². The van der Waals surface area contributed by atoms with Crippen molar-refractivity contribution in [2.45, 2.75) is 41.5 Å². The van der Waals surface area contributed by atoms with Crippen LogP contribution in [-0.2, 0) is 0 Å². The molecule has 0 aliphatic carbocycles. The minimum Gasteiger partial charge on any atom is -0.355 e. The molecule has 2 rings (SSSR count). The molecule has 0 amide bonds. The third-order valence-corrected chi connectivity index (χ3v) is 4.72. The summed E-state index contributed by atoms with van der Waals surface area (Å²) >= 11 is 7.86. The number of hydrogen-bond donors (Lipinski definition) is 0. The maximum Gasteiger partial charge on any atom is 0.225 e. The van der Waals surface area contributed by atoms with Gasteiger partial charge in [0, 0.05) is 18.0 Å². The van der Waals surface area contributed by atoms with Gasteiger partial charge in [-0.05, 0) is 42.8 Å². The molecule has 116 valence electrons. The molecule has 0 aliphatic heterocycles. The fraction of sp³-hybridized carbons (Fsp3) is 0.625. The number of hydrogen-bond acceptors (Lipinski definition) is 4. The van der Waals surface area contributed by atoms with Crippen molar-refractivity contribution in [2.75, 3.05) is 18.0 Å². The quantitative estimate of drug-likeness (QED) is 0.718.